The summed E-state index contributed by atoms with van der Waals surface area (Å²) in [4.78, 5) is 0. The Balaban J connectivity index is 2.51. The highest BCUT2D eigenvalue weighted by molar-refractivity contribution is 6.01. The second kappa shape index (κ2) is 3.82. The van der Waals surface area contributed by atoms with Crippen LogP contribution in [0.5, 0.6) is 0 Å². The Labute approximate surface area is 101 Å². The van der Waals surface area contributed by atoms with Crippen molar-refractivity contribution in [2.75, 3.05) is 0 Å². The van der Waals surface area contributed by atoms with Gasteiger partial charge in [0, 0.05) is 19.4 Å². The predicted molar refractivity (Wildman–Crippen MR) is 66.1 cm³/mol. The highest BCUT2D eigenvalue weighted by atomic mass is 16.6. The van der Waals surface area contributed by atoms with Crippen LogP contribution < -0.4 is 0 Å². The highest BCUT2D eigenvalue weighted by Gasteiger charge is 2.49. The van der Waals surface area contributed by atoms with Gasteiger partial charge in [0.25, 0.3) is 0 Å². The van der Waals surface area contributed by atoms with Gasteiger partial charge in [0.2, 0.25) is 11.4 Å². The molecule has 1 atom stereocenters. The van der Waals surface area contributed by atoms with Gasteiger partial charge in [0.15, 0.2) is 0 Å². The van der Waals surface area contributed by atoms with Crippen molar-refractivity contribution in [1.82, 2.24) is 5.06 Å². The molecule has 0 spiro atoms. The molecule has 2 rings (SSSR count). The largest absolute Gasteiger partial charge is 0.622 e. The lowest BCUT2D eigenvalue weighted by Crippen LogP contribution is -2.45. The van der Waals surface area contributed by atoms with Crippen LogP contribution in [0.1, 0.15) is 31.9 Å². The molecule has 0 bridgehead atoms. The molecule has 0 saturated heterocycles. The maximum absolute atomic E-state index is 12.2. The Morgan fingerprint density at radius 2 is 1.82 bits per heavy atom. The molecule has 0 aromatic heterocycles. The maximum Gasteiger partial charge on any atom is 0.245 e. The second-order valence-corrected chi connectivity index (χ2v) is 5.06. The van der Waals surface area contributed by atoms with Crippen molar-refractivity contribution in [1.29, 1.82) is 0 Å². The lowest BCUT2D eigenvalue weighted by molar-refractivity contribution is -0.579. The van der Waals surface area contributed by atoms with Gasteiger partial charge in [-0.15, -0.1) is 5.06 Å². The van der Waals surface area contributed by atoms with Crippen molar-refractivity contribution in [3.8, 4) is 0 Å². The predicted octanol–water partition coefficient (Wildman–Crippen LogP) is 2.12. The van der Waals surface area contributed by atoms with Crippen LogP contribution in [0.25, 0.3) is 0 Å². The van der Waals surface area contributed by atoms with E-state index in [1.807, 2.05) is 38.1 Å². The zero-order valence-electron chi connectivity index (χ0n) is 10.6. The molecule has 1 aromatic carbocycles. The minimum absolute atomic E-state index is 0.301. The molecule has 0 amide bonds. The molecule has 1 N–H and O–H groups in total. The molecule has 17 heavy (non-hydrogen) atoms. The Kier molecular flexibility index (Phi) is 2.72. The zero-order valence-corrected chi connectivity index (χ0v) is 10.6. The monoisotopic (exact) mass is 234 g/mol. The Bertz CT molecular complexity index is 463. The van der Waals surface area contributed by atoms with Crippen LogP contribution in [-0.4, -0.2) is 32.4 Å². The van der Waals surface area contributed by atoms with Crippen LogP contribution in [0.2, 0.25) is 0 Å². The van der Waals surface area contributed by atoms with E-state index >= 15 is 0 Å². The van der Waals surface area contributed by atoms with Gasteiger partial charge in [-0.3, -0.25) is 0 Å². The lowest BCUT2D eigenvalue weighted by atomic mass is 10.0. The van der Waals surface area contributed by atoms with Gasteiger partial charge >= 0.3 is 0 Å². The molecule has 4 heteroatoms. The summed E-state index contributed by atoms with van der Waals surface area (Å²) >= 11 is 0. The van der Waals surface area contributed by atoms with E-state index in [2.05, 4.69) is 0 Å². The van der Waals surface area contributed by atoms with Gasteiger partial charge in [0.05, 0.1) is 0 Å². The van der Waals surface area contributed by atoms with Gasteiger partial charge in [0.1, 0.15) is 6.04 Å². The second-order valence-electron chi connectivity index (χ2n) is 5.06. The van der Waals surface area contributed by atoms with Gasteiger partial charge in [-0.1, -0.05) is 17.7 Å². The van der Waals surface area contributed by atoms with Crippen LogP contribution >= 0.6 is 0 Å². The molecule has 0 radical (unpaired) electrons. The number of benzene rings is 1. The molecule has 0 aliphatic carbocycles. The molecule has 1 heterocycles. The number of nitrogens with zero attached hydrogens (tertiary/aromatic N) is 2. The van der Waals surface area contributed by atoms with Crippen molar-refractivity contribution < 1.29 is 9.95 Å². The molecule has 4 nitrogen and oxygen atoms in total. The summed E-state index contributed by atoms with van der Waals surface area (Å²) in [6.45, 7) is 7.24. The third kappa shape index (κ3) is 1.73. The van der Waals surface area contributed by atoms with Crippen LogP contribution in [-0.2, 0) is 0 Å². The number of aryl methyl sites for hydroxylation is 1. The van der Waals surface area contributed by atoms with Gasteiger partial charge in [-0.2, -0.15) is 4.74 Å². The normalized spacial score (nSPS) is 24.4. The SMILES string of the molecule is Cc1ccc(C2=[N+]([O-])C(C)(C)N(O)[C@H]2C)cc1. The summed E-state index contributed by atoms with van der Waals surface area (Å²) in [5.74, 6) is 0. The summed E-state index contributed by atoms with van der Waals surface area (Å²) in [7, 11) is 0. The van der Waals surface area contributed by atoms with E-state index in [4.69, 9.17) is 0 Å². The fourth-order valence-electron chi connectivity index (χ4n) is 2.23. The summed E-state index contributed by atoms with van der Waals surface area (Å²) in [6, 6.07) is 7.47. The van der Waals surface area contributed by atoms with Gasteiger partial charge < -0.3 is 10.4 Å². The molecule has 0 fully saturated rings. The molecular formula is C13H18N2O2. The van der Waals surface area contributed by atoms with Crippen LogP contribution in [0.4, 0.5) is 0 Å². The molecule has 1 aliphatic heterocycles. The molecular weight excluding hydrogens is 216 g/mol. The standard InChI is InChI=1S/C13H18N2O2/c1-9-5-7-11(8-6-9)12-10(2)14(16)13(3,4)15(12)17/h5-8,10,16H,1-4H3/t10-/m0/s1. The quantitative estimate of drug-likeness (QED) is 0.598. The first kappa shape index (κ1) is 12.1. The lowest BCUT2D eigenvalue weighted by Gasteiger charge is -2.24. The van der Waals surface area contributed by atoms with Gasteiger partial charge in [-0.25, -0.2) is 0 Å². The first-order chi connectivity index (χ1) is 7.85. The van der Waals surface area contributed by atoms with Crippen molar-refractivity contribution in [3.05, 3.63) is 40.6 Å². The van der Waals surface area contributed by atoms with E-state index < -0.39 is 5.66 Å². The third-order valence-corrected chi connectivity index (χ3v) is 3.39. The Hall–Kier alpha value is -1.39. The maximum atomic E-state index is 12.2. The van der Waals surface area contributed by atoms with Crippen molar-refractivity contribution in [2.45, 2.75) is 39.4 Å². The smallest absolute Gasteiger partial charge is 0.245 e. The number of hydrogen-bond acceptors (Lipinski definition) is 3. The highest BCUT2D eigenvalue weighted by Crippen LogP contribution is 2.27. The first-order valence-electron chi connectivity index (χ1n) is 5.75. The van der Waals surface area contributed by atoms with E-state index in [-0.39, 0.29) is 6.04 Å². The Morgan fingerprint density at radius 1 is 1.29 bits per heavy atom. The van der Waals surface area contributed by atoms with Gasteiger partial charge in [-0.05, 0) is 26.0 Å². The van der Waals surface area contributed by atoms with Crippen molar-refractivity contribution >= 4 is 5.71 Å². The molecule has 1 aliphatic rings. The van der Waals surface area contributed by atoms with E-state index in [1.165, 1.54) is 0 Å². The van der Waals surface area contributed by atoms with Crippen LogP contribution in [0.3, 0.4) is 0 Å². The van der Waals surface area contributed by atoms with E-state index in [0.717, 1.165) is 20.9 Å². The fourth-order valence-corrected chi connectivity index (χ4v) is 2.23. The summed E-state index contributed by atoms with van der Waals surface area (Å²) in [6.07, 6.45) is 0. The number of hydrogen-bond donors (Lipinski definition) is 1. The topological polar surface area (TPSA) is 49.5 Å². The summed E-state index contributed by atoms with van der Waals surface area (Å²) in [5, 5.41) is 23.3. The van der Waals surface area contributed by atoms with E-state index in [9.17, 15) is 10.4 Å². The Morgan fingerprint density at radius 3 is 2.24 bits per heavy atom. The van der Waals surface area contributed by atoms with E-state index in [0.29, 0.717) is 5.71 Å². The van der Waals surface area contributed by atoms with Crippen molar-refractivity contribution in [3.63, 3.8) is 0 Å². The fraction of sp³-hybridized carbons (Fsp3) is 0.462. The average Bonchev–Trinajstić information content (AvgIpc) is 2.43. The first-order valence-corrected chi connectivity index (χ1v) is 5.75. The summed E-state index contributed by atoms with van der Waals surface area (Å²) < 4.78 is 0.891. The average molecular weight is 234 g/mol. The van der Waals surface area contributed by atoms with Crippen molar-refractivity contribution in [2.24, 2.45) is 0 Å². The third-order valence-electron chi connectivity index (χ3n) is 3.39. The minimum Gasteiger partial charge on any atom is -0.622 e. The van der Waals surface area contributed by atoms with Crippen LogP contribution in [0, 0.1) is 12.1 Å². The van der Waals surface area contributed by atoms with E-state index in [1.54, 1.807) is 13.8 Å². The summed E-state index contributed by atoms with van der Waals surface area (Å²) in [5.41, 5.74) is 1.71. The zero-order chi connectivity index (χ0) is 12.8. The minimum atomic E-state index is -0.917. The number of rotatable bonds is 1. The van der Waals surface area contributed by atoms with Crippen LogP contribution in [0.15, 0.2) is 24.3 Å². The molecule has 92 valence electrons. The number of hydroxylamine groups is 3. The molecule has 0 unspecified atom stereocenters. The molecule has 0 saturated carbocycles. The molecule has 1 aromatic rings.